The number of carboxylic acid groups (broad SMARTS) is 1. The number of aliphatic hydroxyl groups is 1. The number of benzene rings is 1. The lowest BCUT2D eigenvalue weighted by Crippen LogP contribution is -2.43. The molecule has 0 aliphatic carbocycles. The monoisotopic (exact) mass is 307 g/mol. The second kappa shape index (κ2) is 6.67. The Hall–Kier alpha value is -1.59. The molecule has 0 saturated carbocycles. The zero-order valence-corrected chi connectivity index (χ0v) is 13.4. The third-order valence-corrected chi connectivity index (χ3v) is 3.97. The molecule has 0 radical (unpaired) electrons. The number of rotatable bonds is 5. The van der Waals surface area contributed by atoms with Gasteiger partial charge in [0.2, 0.25) is 0 Å². The molecule has 5 nitrogen and oxygen atoms in total. The molecule has 3 N–H and O–H groups in total. The van der Waals surface area contributed by atoms with E-state index in [0.29, 0.717) is 19.6 Å². The lowest BCUT2D eigenvalue weighted by molar-refractivity contribution is -0.137. The highest BCUT2D eigenvalue weighted by molar-refractivity contribution is 5.66. The van der Waals surface area contributed by atoms with Gasteiger partial charge in [0.05, 0.1) is 6.04 Å². The molecule has 122 valence electrons. The summed E-state index contributed by atoms with van der Waals surface area (Å²) in [7, 11) is 0. The van der Waals surface area contributed by atoms with Gasteiger partial charge in [-0.05, 0) is 30.0 Å². The third-order valence-electron chi connectivity index (χ3n) is 3.97. The quantitative estimate of drug-likeness (QED) is 0.727. The van der Waals surface area contributed by atoms with Gasteiger partial charge in [0, 0.05) is 12.0 Å². The van der Waals surface area contributed by atoms with Crippen LogP contribution in [-0.2, 0) is 10.2 Å². The molecular weight excluding hydrogens is 282 g/mol. The molecule has 0 bridgehead atoms. The fourth-order valence-corrected chi connectivity index (χ4v) is 2.56. The predicted molar refractivity (Wildman–Crippen MR) is 84.3 cm³/mol. The first-order valence-corrected chi connectivity index (χ1v) is 7.69. The first kappa shape index (κ1) is 16.8. The van der Waals surface area contributed by atoms with Crippen LogP contribution in [0.15, 0.2) is 18.2 Å². The number of aliphatic carboxylic acids is 1. The molecule has 0 fully saturated rings. The maximum absolute atomic E-state index is 10.5. The molecule has 0 spiro atoms. The number of hydrogen-bond donors (Lipinski definition) is 3. The third kappa shape index (κ3) is 3.99. The first-order valence-electron chi connectivity index (χ1n) is 7.69. The van der Waals surface area contributed by atoms with E-state index in [1.165, 1.54) is 5.56 Å². The van der Waals surface area contributed by atoms with Gasteiger partial charge in [0.15, 0.2) is 0 Å². The highest BCUT2D eigenvalue weighted by atomic mass is 16.5. The van der Waals surface area contributed by atoms with E-state index in [-0.39, 0.29) is 17.9 Å². The average molecular weight is 307 g/mol. The van der Waals surface area contributed by atoms with Crippen LogP contribution in [0.4, 0.5) is 0 Å². The molecule has 1 heterocycles. The molecule has 0 aromatic heterocycles. The van der Waals surface area contributed by atoms with Crippen molar-refractivity contribution in [2.24, 2.45) is 0 Å². The van der Waals surface area contributed by atoms with E-state index in [9.17, 15) is 9.90 Å². The van der Waals surface area contributed by atoms with E-state index in [4.69, 9.17) is 9.84 Å². The van der Waals surface area contributed by atoms with Crippen molar-refractivity contribution >= 4 is 5.97 Å². The van der Waals surface area contributed by atoms with Crippen molar-refractivity contribution in [1.29, 1.82) is 0 Å². The molecule has 1 aliphatic heterocycles. The van der Waals surface area contributed by atoms with Gasteiger partial charge in [0.25, 0.3) is 0 Å². The summed E-state index contributed by atoms with van der Waals surface area (Å²) >= 11 is 0. The lowest BCUT2D eigenvalue weighted by Gasteiger charge is -2.32. The van der Waals surface area contributed by atoms with Gasteiger partial charge in [-0.25, -0.2) is 0 Å². The second-order valence-electron chi connectivity index (χ2n) is 6.82. The average Bonchev–Trinajstić information content (AvgIpc) is 2.44. The van der Waals surface area contributed by atoms with Gasteiger partial charge >= 0.3 is 5.97 Å². The molecule has 1 aromatic carbocycles. The summed E-state index contributed by atoms with van der Waals surface area (Å²) in [6.07, 6.45) is 0.0268. The molecule has 2 rings (SSSR count). The highest BCUT2D eigenvalue weighted by Gasteiger charge is 2.30. The Labute approximate surface area is 131 Å². The highest BCUT2D eigenvalue weighted by Crippen LogP contribution is 2.35. The Kier molecular flexibility index (Phi) is 5.08. The van der Waals surface area contributed by atoms with Gasteiger partial charge < -0.3 is 20.3 Å². The van der Waals surface area contributed by atoms with E-state index in [1.54, 1.807) is 0 Å². The van der Waals surface area contributed by atoms with Gasteiger partial charge in [0.1, 0.15) is 18.5 Å². The maximum Gasteiger partial charge on any atom is 0.303 e. The standard InChI is InChI=1S/C17H25NO4/c1-17(2,3)11-6-7-12-14(9-11)22-10-13(16(12)21)18-8-4-5-15(19)20/h6-7,9,13,16,18,21H,4-5,8,10H2,1-3H3,(H,19,20)/t13-,16+/m0/s1. The van der Waals surface area contributed by atoms with Crippen LogP contribution in [0.3, 0.4) is 0 Å². The largest absolute Gasteiger partial charge is 0.491 e. The summed E-state index contributed by atoms with van der Waals surface area (Å²) in [4.78, 5) is 10.5. The molecule has 0 unspecified atom stereocenters. The normalized spacial score (nSPS) is 21.1. The molecule has 22 heavy (non-hydrogen) atoms. The van der Waals surface area contributed by atoms with Crippen molar-refractivity contribution < 1.29 is 19.7 Å². The van der Waals surface area contributed by atoms with Crippen LogP contribution in [0, 0.1) is 0 Å². The van der Waals surface area contributed by atoms with Crippen molar-refractivity contribution in [3.8, 4) is 5.75 Å². The molecule has 1 aromatic rings. The SMILES string of the molecule is CC(C)(C)c1ccc2c(c1)OC[C@H](NCCCC(=O)O)[C@@H]2O. The van der Waals surface area contributed by atoms with E-state index in [0.717, 1.165) is 11.3 Å². The number of hydrogen-bond acceptors (Lipinski definition) is 4. The zero-order chi connectivity index (χ0) is 16.3. The molecule has 1 aliphatic rings. The van der Waals surface area contributed by atoms with E-state index in [2.05, 4.69) is 26.1 Å². The summed E-state index contributed by atoms with van der Waals surface area (Å²) in [5.74, 6) is -0.0641. The lowest BCUT2D eigenvalue weighted by atomic mass is 9.85. The molecule has 5 heteroatoms. The Morgan fingerprint density at radius 2 is 2.14 bits per heavy atom. The Bertz CT molecular complexity index is 536. The molecule has 2 atom stereocenters. The minimum atomic E-state index is -0.803. The minimum Gasteiger partial charge on any atom is -0.491 e. The summed E-state index contributed by atoms with van der Waals surface area (Å²) in [5, 5.41) is 22.3. The Morgan fingerprint density at radius 1 is 1.41 bits per heavy atom. The van der Waals surface area contributed by atoms with Crippen LogP contribution in [-0.4, -0.2) is 35.4 Å². The van der Waals surface area contributed by atoms with Crippen LogP contribution in [0.1, 0.15) is 50.8 Å². The number of carboxylic acids is 1. The number of nitrogens with one attached hydrogen (secondary N) is 1. The zero-order valence-electron chi connectivity index (χ0n) is 13.4. The number of fused-ring (bicyclic) bond motifs is 1. The van der Waals surface area contributed by atoms with Crippen LogP contribution in [0.25, 0.3) is 0 Å². The summed E-state index contributed by atoms with van der Waals surface area (Å²) in [6, 6.07) is 5.74. The van der Waals surface area contributed by atoms with Crippen LogP contribution in [0.5, 0.6) is 5.75 Å². The van der Waals surface area contributed by atoms with Crippen LogP contribution in [0.2, 0.25) is 0 Å². The fraction of sp³-hybridized carbons (Fsp3) is 0.588. The smallest absolute Gasteiger partial charge is 0.303 e. The molecular formula is C17H25NO4. The van der Waals surface area contributed by atoms with Gasteiger partial charge in [-0.3, -0.25) is 4.79 Å². The van der Waals surface area contributed by atoms with Crippen molar-refractivity contribution in [2.45, 2.75) is 51.2 Å². The van der Waals surface area contributed by atoms with Crippen LogP contribution >= 0.6 is 0 Å². The Balaban J connectivity index is 2.01. The minimum absolute atomic E-state index is 0.0370. The predicted octanol–water partition coefficient (Wildman–Crippen LogP) is 2.23. The van der Waals surface area contributed by atoms with Gasteiger partial charge in [-0.2, -0.15) is 0 Å². The molecule has 0 saturated heterocycles. The van der Waals surface area contributed by atoms with Gasteiger partial charge in [-0.15, -0.1) is 0 Å². The maximum atomic E-state index is 10.5. The number of ether oxygens (including phenoxy) is 1. The number of aliphatic hydroxyl groups excluding tert-OH is 1. The van der Waals surface area contributed by atoms with E-state index >= 15 is 0 Å². The topological polar surface area (TPSA) is 78.8 Å². The number of carbonyl (C=O) groups is 1. The first-order chi connectivity index (χ1) is 10.3. The van der Waals surface area contributed by atoms with E-state index < -0.39 is 12.1 Å². The second-order valence-corrected chi connectivity index (χ2v) is 6.82. The summed E-state index contributed by atoms with van der Waals surface area (Å²) in [5.41, 5.74) is 2.00. The van der Waals surface area contributed by atoms with Crippen molar-refractivity contribution in [3.63, 3.8) is 0 Å². The fourth-order valence-electron chi connectivity index (χ4n) is 2.56. The summed E-state index contributed by atoms with van der Waals surface area (Å²) < 4.78 is 5.78. The van der Waals surface area contributed by atoms with Gasteiger partial charge in [-0.1, -0.05) is 32.9 Å². The Morgan fingerprint density at radius 3 is 2.77 bits per heavy atom. The molecule has 0 amide bonds. The van der Waals surface area contributed by atoms with Crippen molar-refractivity contribution in [3.05, 3.63) is 29.3 Å². The van der Waals surface area contributed by atoms with Crippen molar-refractivity contribution in [2.75, 3.05) is 13.2 Å². The summed E-state index contributed by atoms with van der Waals surface area (Å²) in [6.45, 7) is 7.35. The van der Waals surface area contributed by atoms with E-state index in [1.807, 2.05) is 18.2 Å². The van der Waals surface area contributed by atoms with Crippen LogP contribution < -0.4 is 10.1 Å². The van der Waals surface area contributed by atoms with Crippen molar-refractivity contribution in [1.82, 2.24) is 5.32 Å².